The maximum Gasteiger partial charge on any atom is 0.255 e. The molecule has 0 atom stereocenters. The summed E-state index contributed by atoms with van der Waals surface area (Å²) in [7, 11) is 1.57. The van der Waals surface area contributed by atoms with Crippen molar-refractivity contribution >= 4 is 11.9 Å². The predicted molar refractivity (Wildman–Crippen MR) is 102 cm³/mol. The maximum atomic E-state index is 12.7. The zero-order valence-corrected chi connectivity index (χ0v) is 16.3. The average Bonchev–Trinajstić information content (AvgIpc) is 2.66. The molecule has 2 aliphatic rings. The van der Waals surface area contributed by atoms with Crippen molar-refractivity contribution in [3.63, 3.8) is 0 Å². The van der Waals surface area contributed by atoms with E-state index in [1.54, 1.807) is 7.11 Å². The summed E-state index contributed by atoms with van der Waals surface area (Å²) < 4.78 is 12.0. The molecule has 150 valence electrons. The number of aromatic nitrogens is 2. The van der Waals surface area contributed by atoms with Crippen LogP contribution in [0.15, 0.2) is 10.9 Å². The van der Waals surface area contributed by atoms with E-state index in [-0.39, 0.29) is 30.7 Å². The van der Waals surface area contributed by atoms with E-state index in [4.69, 9.17) is 9.47 Å². The zero-order chi connectivity index (χ0) is 19.2. The number of ether oxygens (including phenoxy) is 2. The highest BCUT2D eigenvalue weighted by Gasteiger charge is 2.23. The standard InChI is InChI=1S/C19H30N4O4/c1-14-3-5-15(6-4-14)20-17(24)12-23-18(25)11-16(13-26-2)21-19(23)22-7-9-27-10-8-22/h11,14-15H,3-10,12-13H2,1-2H3,(H,20,24). The number of anilines is 1. The van der Waals surface area contributed by atoms with Crippen LogP contribution in [0.3, 0.4) is 0 Å². The van der Waals surface area contributed by atoms with Gasteiger partial charge in [-0.15, -0.1) is 0 Å². The summed E-state index contributed by atoms with van der Waals surface area (Å²) in [5.41, 5.74) is 0.341. The van der Waals surface area contributed by atoms with Crippen molar-refractivity contribution in [2.75, 3.05) is 38.3 Å². The Balaban J connectivity index is 1.76. The molecular weight excluding hydrogens is 348 g/mol. The molecule has 8 nitrogen and oxygen atoms in total. The summed E-state index contributed by atoms with van der Waals surface area (Å²) in [4.78, 5) is 31.9. The van der Waals surface area contributed by atoms with Crippen molar-refractivity contribution in [3.8, 4) is 0 Å². The monoisotopic (exact) mass is 378 g/mol. The van der Waals surface area contributed by atoms with E-state index in [1.165, 1.54) is 10.6 Å². The van der Waals surface area contributed by atoms with Gasteiger partial charge in [0.05, 0.1) is 25.5 Å². The normalized spacial score (nSPS) is 23.3. The van der Waals surface area contributed by atoms with Gasteiger partial charge in [0.1, 0.15) is 6.54 Å². The Bertz CT molecular complexity index is 691. The maximum absolute atomic E-state index is 12.7. The first-order chi connectivity index (χ1) is 13.1. The first-order valence-electron chi connectivity index (χ1n) is 9.78. The van der Waals surface area contributed by atoms with Crippen LogP contribution in [0.5, 0.6) is 0 Å². The van der Waals surface area contributed by atoms with Crippen molar-refractivity contribution in [2.24, 2.45) is 5.92 Å². The lowest BCUT2D eigenvalue weighted by atomic mass is 9.87. The smallest absolute Gasteiger partial charge is 0.255 e. The molecule has 2 fully saturated rings. The van der Waals surface area contributed by atoms with Gasteiger partial charge >= 0.3 is 0 Å². The van der Waals surface area contributed by atoms with Crippen LogP contribution in [0.4, 0.5) is 5.95 Å². The number of methoxy groups -OCH3 is 1. The van der Waals surface area contributed by atoms with Gasteiger partial charge < -0.3 is 19.7 Å². The van der Waals surface area contributed by atoms with E-state index in [9.17, 15) is 9.59 Å². The molecule has 1 aliphatic heterocycles. The van der Waals surface area contributed by atoms with Gasteiger partial charge in [-0.2, -0.15) is 0 Å². The van der Waals surface area contributed by atoms with Crippen LogP contribution in [0.2, 0.25) is 0 Å². The Morgan fingerprint density at radius 1 is 1.30 bits per heavy atom. The van der Waals surface area contributed by atoms with Crippen LogP contribution >= 0.6 is 0 Å². The fourth-order valence-corrected chi connectivity index (χ4v) is 3.74. The molecule has 1 saturated carbocycles. The molecule has 2 heterocycles. The van der Waals surface area contributed by atoms with E-state index in [0.717, 1.165) is 31.6 Å². The molecule has 0 bridgehead atoms. The average molecular weight is 378 g/mol. The molecule has 3 rings (SSSR count). The summed E-state index contributed by atoms with van der Waals surface area (Å²) in [6.07, 6.45) is 4.28. The van der Waals surface area contributed by atoms with Gasteiger partial charge in [0.15, 0.2) is 0 Å². The molecule has 1 aromatic heterocycles. The molecule has 27 heavy (non-hydrogen) atoms. The molecule has 1 aliphatic carbocycles. The van der Waals surface area contributed by atoms with Crippen molar-refractivity contribution in [1.82, 2.24) is 14.9 Å². The fourth-order valence-electron chi connectivity index (χ4n) is 3.74. The summed E-state index contributed by atoms with van der Waals surface area (Å²) in [5.74, 6) is 1.11. The van der Waals surface area contributed by atoms with Gasteiger partial charge in [-0.25, -0.2) is 4.98 Å². The Kier molecular flexibility index (Phi) is 6.84. The van der Waals surface area contributed by atoms with E-state index in [0.29, 0.717) is 37.9 Å². The fraction of sp³-hybridized carbons (Fsp3) is 0.737. The highest BCUT2D eigenvalue weighted by atomic mass is 16.5. The van der Waals surface area contributed by atoms with Crippen molar-refractivity contribution in [3.05, 3.63) is 22.1 Å². The number of hydrogen-bond acceptors (Lipinski definition) is 6. The Hall–Kier alpha value is -1.93. The molecule has 0 radical (unpaired) electrons. The van der Waals surface area contributed by atoms with Gasteiger partial charge in [0.2, 0.25) is 11.9 Å². The van der Waals surface area contributed by atoms with Crippen LogP contribution in [0, 0.1) is 5.92 Å². The lowest BCUT2D eigenvalue weighted by molar-refractivity contribution is -0.122. The number of morpholine rings is 1. The van der Waals surface area contributed by atoms with Crippen molar-refractivity contribution < 1.29 is 14.3 Å². The Labute approximate surface area is 159 Å². The number of amides is 1. The second-order valence-corrected chi connectivity index (χ2v) is 7.53. The number of carbonyl (C=O) groups is 1. The van der Waals surface area contributed by atoms with Gasteiger partial charge in [-0.05, 0) is 31.6 Å². The lowest BCUT2D eigenvalue weighted by Crippen LogP contribution is -2.44. The highest BCUT2D eigenvalue weighted by molar-refractivity contribution is 5.76. The van der Waals surface area contributed by atoms with Gasteiger partial charge in [-0.3, -0.25) is 14.2 Å². The first-order valence-corrected chi connectivity index (χ1v) is 9.78. The van der Waals surface area contributed by atoms with Crippen LogP contribution < -0.4 is 15.8 Å². The Morgan fingerprint density at radius 2 is 2.00 bits per heavy atom. The SMILES string of the molecule is COCc1cc(=O)n(CC(=O)NC2CCC(C)CC2)c(N2CCOCC2)n1. The largest absolute Gasteiger partial charge is 0.378 e. The van der Waals surface area contributed by atoms with E-state index in [1.807, 2.05) is 4.90 Å². The number of rotatable bonds is 6. The van der Waals surface area contributed by atoms with Gasteiger partial charge in [0, 0.05) is 32.3 Å². The summed E-state index contributed by atoms with van der Waals surface area (Å²) in [6, 6.07) is 1.65. The van der Waals surface area contributed by atoms with Gasteiger partial charge in [0.25, 0.3) is 5.56 Å². The molecule has 0 spiro atoms. The van der Waals surface area contributed by atoms with Crippen molar-refractivity contribution in [1.29, 1.82) is 0 Å². The molecule has 0 aromatic carbocycles. The van der Waals surface area contributed by atoms with Crippen molar-refractivity contribution in [2.45, 2.75) is 51.8 Å². The zero-order valence-electron chi connectivity index (χ0n) is 16.3. The second kappa shape index (κ2) is 9.32. The summed E-state index contributed by atoms with van der Waals surface area (Å²) >= 11 is 0. The topological polar surface area (TPSA) is 85.7 Å². The van der Waals surface area contributed by atoms with Gasteiger partial charge in [-0.1, -0.05) is 6.92 Å². The molecular formula is C19H30N4O4. The molecule has 1 saturated heterocycles. The molecule has 1 aromatic rings. The molecule has 1 amide bonds. The summed E-state index contributed by atoms with van der Waals surface area (Å²) in [5, 5.41) is 3.09. The molecule has 8 heteroatoms. The Morgan fingerprint density at radius 3 is 2.67 bits per heavy atom. The number of nitrogens with zero attached hydrogens (tertiary/aromatic N) is 3. The second-order valence-electron chi connectivity index (χ2n) is 7.53. The predicted octanol–water partition coefficient (Wildman–Crippen LogP) is 0.921. The molecule has 0 unspecified atom stereocenters. The van der Waals surface area contributed by atoms with E-state index < -0.39 is 0 Å². The molecule has 1 N–H and O–H groups in total. The third-order valence-electron chi connectivity index (χ3n) is 5.31. The van der Waals surface area contributed by atoms with E-state index in [2.05, 4.69) is 17.2 Å². The highest BCUT2D eigenvalue weighted by Crippen LogP contribution is 2.23. The quantitative estimate of drug-likeness (QED) is 0.792. The minimum absolute atomic E-state index is 0.0160. The number of hydrogen-bond donors (Lipinski definition) is 1. The summed E-state index contributed by atoms with van der Waals surface area (Å²) in [6.45, 7) is 4.95. The first kappa shape index (κ1) is 19.8. The van der Waals surface area contributed by atoms with Crippen LogP contribution in [-0.4, -0.2) is 54.9 Å². The number of nitrogens with one attached hydrogen (secondary N) is 1. The number of carbonyl (C=O) groups excluding carboxylic acids is 1. The lowest BCUT2D eigenvalue weighted by Gasteiger charge is -2.30. The minimum atomic E-state index is -0.231. The van der Waals surface area contributed by atoms with Crippen LogP contribution in [0.25, 0.3) is 0 Å². The van der Waals surface area contributed by atoms with Crippen LogP contribution in [-0.2, 0) is 27.4 Å². The third kappa shape index (κ3) is 5.29. The van der Waals surface area contributed by atoms with E-state index >= 15 is 0 Å². The third-order valence-corrected chi connectivity index (χ3v) is 5.31. The van der Waals surface area contributed by atoms with Crippen LogP contribution in [0.1, 0.15) is 38.3 Å². The minimum Gasteiger partial charge on any atom is -0.378 e.